The van der Waals surface area contributed by atoms with Crippen LogP contribution in [0.5, 0.6) is 5.75 Å². The molecule has 0 aliphatic carbocycles. The highest BCUT2D eigenvalue weighted by Gasteiger charge is 2.23. The summed E-state index contributed by atoms with van der Waals surface area (Å²) in [6.45, 7) is 8.74. The smallest absolute Gasteiger partial charge is 0.168 e. The lowest BCUT2D eigenvalue weighted by atomic mass is 9.91. The van der Waals surface area contributed by atoms with Crippen LogP contribution in [-0.2, 0) is 11.3 Å². The van der Waals surface area contributed by atoms with Crippen molar-refractivity contribution in [1.82, 2.24) is 19.7 Å². The van der Waals surface area contributed by atoms with Gasteiger partial charge in [-0.1, -0.05) is 0 Å². The van der Waals surface area contributed by atoms with Crippen molar-refractivity contribution in [2.75, 3.05) is 26.7 Å². The molecule has 0 bridgehead atoms. The number of aromatic nitrogens is 3. The van der Waals surface area contributed by atoms with Gasteiger partial charge in [0.05, 0.1) is 19.3 Å². The Morgan fingerprint density at radius 1 is 1.13 bits per heavy atom. The van der Waals surface area contributed by atoms with Gasteiger partial charge < -0.3 is 4.74 Å². The van der Waals surface area contributed by atoms with E-state index in [0.29, 0.717) is 19.0 Å². The maximum atomic E-state index is 12.5. The fraction of sp³-hybridized carbons (Fsp3) is 0.458. The zero-order chi connectivity index (χ0) is 21.3. The Hall–Kier alpha value is -2.73. The number of carbonyl (C=O) groups excluding carboxylic acids is 1. The molecule has 0 atom stereocenters. The molecule has 4 rings (SSSR count). The number of likely N-dealkylation sites (tertiary alicyclic amines) is 1. The van der Waals surface area contributed by atoms with Gasteiger partial charge in [-0.2, -0.15) is 5.10 Å². The monoisotopic (exact) mass is 406 g/mol. The number of hydrogen-bond acceptors (Lipinski definition) is 5. The molecule has 2 aromatic heterocycles. The molecule has 0 unspecified atom stereocenters. The number of fused-ring (bicyclic) bond motifs is 1. The summed E-state index contributed by atoms with van der Waals surface area (Å²) >= 11 is 0. The van der Waals surface area contributed by atoms with E-state index in [2.05, 4.69) is 29.1 Å². The van der Waals surface area contributed by atoms with Gasteiger partial charge in [-0.05, 0) is 81.9 Å². The Balaban J connectivity index is 1.38. The predicted molar refractivity (Wildman–Crippen MR) is 118 cm³/mol. The molecule has 0 saturated carbocycles. The second kappa shape index (κ2) is 8.56. The number of pyridine rings is 1. The van der Waals surface area contributed by atoms with Crippen molar-refractivity contribution >= 4 is 16.6 Å². The van der Waals surface area contributed by atoms with E-state index in [0.717, 1.165) is 59.7 Å². The van der Waals surface area contributed by atoms with Crippen LogP contribution in [0.1, 0.15) is 41.4 Å². The van der Waals surface area contributed by atoms with Crippen LogP contribution in [0.4, 0.5) is 0 Å². The van der Waals surface area contributed by atoms with Crippen LogP contribution in [0.15, 0.2) is 30.5 Å². The first kappa shape index (κ1) is 20.5. The van der Waals surface area contributed by atoms with Gasteiger partial charge in [-0.15, -0.1) is 0 Å². The summed E-state index contributed by atoms with van der Waals surface area (Å²) in [7, 11) is 1.71. The molecular weight excluding hydrogens is 376 g/mol. The molecule has 6 heteroatoms. The van der Waals surface area contributed by atoms with E-state index in [1.54, 1.807) is 11.8 Å². The minimum absolute atomic E-state index is 0.214. The van der Waals surface area contributed by atoms with Crippen LogP contribution in [0.3, 0.4) is 0 Å². The summed E-state index contributed by atoms with van der Waals surface area (Å²) in [5, 5.41) is 6.75. The Kier molecular flexibility index (Phi) is 5.86. The van der Waals surface area contributed by atoms with Crippen molar-refractivity contribution in [3.05, 3.63) is 53.1 Å². The SMILES string of the molecule is COc1ccc2cnc(C3CCN(CC(=O)Cn4nc(C)cc4C)CC3)cc2c1C. The second-order valence-electron chi connectivity index (χ2n) is 8.40. The average molecular weight is 407 g/mol. The van der Waals surface area contributed by atoms with E-state index < -0.39 is 0 Å². The Morgan fingerprint density at radius 3 is 2.57 bits per heavy atom. The largest absolute Gasteiger partial charge is 0.496 e. The molecule has 30 heavy (non-hydrogen) atoms. The molecule has 1 fully saturated rings. The number of piperidine rings is 1. The van der Waals surface area contributed by atoms with Gasteiger partial charge in [-0.3, -0.25) is 19.4 Å². The number of benzene rings is 1. The van der Waals surface area contributed by atoms with E-state index in [-0.39, 0.29) is 5.78 Å². The summed E-state index contributed by atoms with van der Waals surface area (Å²) in [5.41, 5.74) is 4.30. The van der Waals surface area contributed by atoms with Crippen LogP contribution in [0, 0.1) is 20.8 Å². The van der Waals surface area contributed by atoms with Gasteiger partial charge in [0.25, 0.3) is 0 Å². The van der Waals surface area contributed by atoms with E-state index in [9.17, 15) is 4.79 Å². The van der Waals surface area contributed by atoms with Gasteiger partial charge in [0, 0.05) is 28.9 Å². The van der Waals surface area contributed by atoms with Crippen molar-refractivity contribution < 1.29 is 9.53 Å². The van der Waals surface area contributed by atoms with Crippen molar-refractivity contribution in [2.45, 2.75) is 46.1 Å². The molecular formula is C24H30N4O2. The van der Waals surface area contributed by atoms with Crippen LogP contribution in [0.25, 0.3) is 10.8 Å². The van der Waals surface area contributed by atoms with Crippen molar-refractivity contribution in [2.24, 2.45) is 0 Å². The molecule has 1 aromatic carbocycles. The topological polar surface area (TPSA) is 60.2 Å². The average Bonchev–Trinajstić information content (AvgIpc) is 3.05. The maximum absolute atomic E-state index is 12.5. The van der Waals surface area contributed by atoms with E-state index in [4.69, 9.17) is 9.72 Å². The molecule has 1 aliphatic rings. The second-order valence-corrected chi connectivity index (χ2v) is 8.40. The molecule has 0 spiro atoms. The fourth-order valence-electron chi connectivity index (χ4n) is 4.50. The minimum atomic E-state index is 0.214. The molecule has 1 saturated heterocycles. The third-order valence-corrected chi connectivity index (χ3v) is 6.20. The minimum Gasteiger partial charge on any atom is -0.496 e. The summed E-state index contributed by atoms with van der Waals surface area (Å²) in [4.78, 5) is 19.5. The number of nitrogens with zero attached hydrogens (tertiary/aromatic N) is 4. The zero-order valence-electron chi connectivity index (χ0n) is 18.3. The van der Waals surface area contributed by atoms with Gasteiger partial charge in [-0.25, -0.2) is 0 Å². The number of ether oxygens (including phenoxy) is 1. The van der Waals surface area contributed by atoms with Crippen LogP contribution in [-0.4, -0.2) is 52.2 Å². The van der Waals surface area contributed by atoms with Crippen LogP contribution < -0.4 is 4.74 Å². The highest BCUT2D eigenvalue weighted by molar-refractivity contribution is 5.87. The summed E-state index contributed by atoms with van der Waals surface area (Å²) in [6.07, 6.45) is 4.02. The lowest BCUT2D eigenvalue weighted by Gasteiger charge is -2.31. The molecule has 0 amide bonds. The third kappa shape index (κ3) is 4.24. The standard InChI is InChI=1S/C24H30N4O2/c1-16-11-17(2)28(26-16)15-21(29)14-27-9-7-19(8-10-27)23-12-22-18(3)24(30-4)6-5-20(22)13-25-23/h5-6,11-13,19H,7-10,14-15H2,1-4H3. The van der Waals surface area contributed by atoms with Crippen LogP contribution in [0.2, 0.25) is 0 Å². The van der Waals surface area contributed by atoms with E-state index >= 15 is 0 Å². The fourth-order valence-corrected chi connectivity index (χ4v) is 4.50. The molecule has 3 aromatic rings. The number of ketones is 1. The Bertz CT molecular complexity index is 1060. The molecule has 0 N–H and O–H groups in total. The summed E-state index contributed by atoms with van der Waals surface area (Å²) in [5.74, 6) is 1.56. The summed E-state index contributed by atoms with van der Waals surface area (Å²) < 4.78 is 7.28. The Labute approximate surface area is 177 Å². The van der Waals surface area contributed by atoms with Crippen LogP contribution >= 0.6 is 0 Å². The number of aryl methyl sites for hydroxylation is 3. The van der Waals surface area contributed by atoms with Crippen molar-refractivity contribution in [3.8, 4) is 5.75 Å². The Morgan fingerprint density at radius 2 is 1.90 bits per heavy atom. The quantitative estimate of drug-likeness (QED) is 0.623. The molecule has 158 valence electrons. The molecule has 0 radical (unpaired) electrons. The van der Waals surface area contributed by atoms with E-state index in [1.807, 2.05) is 32.2 Å². The maximum Gasteiger partial charge on any atom is 0.168 e. The number of carbonyl (C=O) groups is 1. The molecule has 3 heterocycles. The number of rotatable bonds is 6. The normalized spacial score (nSPS) is 15.6. The van der Waals surface area contributed by atoms with Crippen molar-refractivity contribution in [3.63, 3.8) is 0 Å². The summed E-state index contributed by atoms with van der Waals surface area (Å²) in [6, 6.07) is 8.30. The van der Waals surface area contributed by atoms with Gasteiger partial charge in [0.1, 0.15) is 12.3 Å². The lowest BCUT2D eigenvalue weighted by molar-refractivity contribution is -0.121. The molecule has 1 aliphatic heterocycles. The third-order valence-electron chi connectivity index (χ3n) is 6.20. The lowest BCUT2D eigenvalue weighted by Crippen LogP contribution is -2.38. The zero-order valence-corrected chi connectivity index (χ0v) is 18.3. The first-order chi connectivity index (χ1) is 14.4. The van der Waals surface area contributed by atoms with Gasteiger partial charge >= 0.3 is 0 Å². The van der Waals surface area contributed by atoms with Crippen molar-refractivity contribution in [1.29, 1.82) is 0 Å². The number of hydrogen-bond donors (Lipinski definition) is 0. The first-order valence-electron chi connectivity index (χ1n) is 10.6. The van der Waals surface area contributed by atoms with Gasteiger partial charge in [0.2, 0.25) is 0 Å². The number of Topliss-reactive ketones (excluding diaryl/α,β-unsaturated/α-hetero) is 1. The first-order valence-corrected chi connectivity index (χ1v) is 10.6. The predicted octanol–water partition coefficient (Wildman–Crippen LogP) is 3.81. The highest BCUT2D eigenvalue weighted by Crippen LogP contribution is 2.32. The highest BCUT2D eigenvalue weighted by atomic mass is 16.5. The number of methoxy groups -OCH3 is 1. The molecule has 6 nitrogen and oxygen atoms in total. The van der Waals surface area contributed by atoms with Gasteiger partial charge in [0.15, 0.2) is 5.78 Å². The van der Waals surface area contributed by atoms with E-state index in [1.165, 1.54) is 5.39 Å².